The van der Waals surface area contributed by atoms with E-state index < -0.39 is 218 Å². The van der Waals surface area contributed by atoms with Gasteiger partial charge in [-0.25, -0.2) is 0 Å². The van der Waals surface area contributed by atoms with Crippen LogP contribution in [0.15, 0.2) is 48.5 Å². The van der Waals surface area contributed by atoms with Crippen molar-refractivity contribution < 1.29 is 97.4 Å². The summed E-state index contributed by atoms with van der Waals surface area (Å²) in [6.45, 7) is 12.1. The molecule has 13 atom stereocenters. The molecule has 31 heteroatoms. The molecule has 1 fully saturated rings. The molecule has 5 rings (SSSR count). The second-order valence-corrected chi connectivity index (χ2v) is 29.2. The number of aliphatic hydroxyl groups excluding tert-OH is 2. The van der Waals surface area contributed by atoms with Crippen molar-refractivity contribution in [2.45, 2.75) is 282 Å². The molecule has 13 unspecified atom stereocenters. The number of nitrogens with one attached hydrogen (secondary N) is 8. The molecule has 2 aromatic rings. The van der Waals surface area contributed by atoms with Crippen molar-refractivity contribution in [1.29, 1.82) is 0 Å². The summed E-state index contributed by atoms with van der Waals surface area (Å²) < 4.78 is 5.90. The van der Waals surface area contributed by atoms with Gasteiger partial charge in [-0.3, -0.25) is 67.1 Å². The highest BCUT2D eigenvalue weighted by atomic mass is 16.5. The topological polar surface area (TPSA) is 501 Å². The number of amides is 10. The summed E-state index contributed by atoms with van der Waals surface area (Å²) in [5, 5.41) is 72.1. The lowest BCUT2D eigenvalue weighted by Gasteiger charge is -2.32. The maximum atomic E-state index is 14.9. The van der Waals surface area contributed by atoms with Crippen molar-refractivity contribution in [3.8, 4) is 11.5 Å². The van der Waals surface area contributed by atoms with E-state index in [-0.39, 0.29) is 68.7 Å². The zero-order valence-electron chi connectivity index (χ0n) is 63.0. The van der Waals surface area contributed by atoms with Gasteiger partial charge < -0.3 is 89.2 Å². The third-order valence-corrected chi connectivity index (χ3v) is 19.4. The summed E-state index contributed by atoms with van der Waals surface area (Å²) in [5.74, 6) is -15.9. The van der Waals surface area contributed by atoms with Crippen molar-refractivity contribution in [3.05, 3.63) is 59.7 Å². The van der Waals surface area contributed by atoms with Crippen LogP contribution in [-0.2, 0) is 80.0 Å². The van der Waals surface area contributed by atoms with Crippen molar-refractivity contribution in [2.75, 3.05) is 13.1 Å². The summed E-state index contributed by atoms with van der Waals surface area (Å²) in [6.07, 6.45) is 3.79. The number of ether oxygens (including phenoxy) is 1. The smallest absolute Gasteiger partial charge is 0.315 e. The normalized spacial score (nSPS) is 21.9. The van der Waals surface area contributed by atoms with Crippen LogP contribution in [0.3, 0.4) is 0 Å². The number of carbonyl (C=O) groups is 14. The van der Waals surface area contributed by atoms with Crippen LogP contribution >= 0.6 is 0 Å². The monoisotopic (exact) mass is 1500 g/mol. The Kier molecular flexibility index (Phi) is 39.5. The van der Waals surface area contributed by atoms with E-state index in [9.17, 15) is 92.7 Å². The Balaban J connectivity index is 1.77. The summed E-state index contributed by atoms with van der Waals surface area (Å²) in [6, 6.07) is -3.09. The zero-order valence-corrected chi connectivity index (χ0v) is 63.0. The molecule has 2 bridgehead atoms. The minimum absolute atomic E-state index is 0.0196. The number of carbonyl (C=O) groups excluding carboxylic acids is 12. The number of carboxylic acids is 2. The van der Waals surface area contributed by atoms with Crippen LogP contribution in [0, 0.1) is 23.7 Å². The van der Waals surface area contributed by atoms with E-state index in [1.54, 1.807) is 27.7 Å². The van der Waals surface area contributed by atoms with Gasteiger partial charge in [-0.1, -0.05) is 136 Å². The van der Waals surface area contributed by atoms with E-state index in [2.05, 4.69) is 56.4 Å². The van der Waals surface area contributed by atoms with Gasteiger partial charge in [0.1, 0.15) is 59.8 Å². The molecule has 0 aliphatic carbocycles. The number of ketones is 1. The van der Waals surface area contributed by atoms with Crippen LogP contribution in [0.2, 0.25) is 0 Å². The second-order valence-electron chi connectivity index (χ2n) is 29.2. The maximum absolute atomic E-state index is 14.9. The van der Waals surface area contributed by atoms with Gasteiger partial charge >= 0.3 is 17.9 Å². The molecule has 3 aliphatic rings. The number of unbranched alkanes of at least 4 members (excludes halogenated alkanes) is 8. The first-order valence-electron chi connectivity index (χ1n) is 37.8. The van der Waals surface area contributed by atoms with Gasteiger partial charge in [0.2, 0.25) is 59.1 Å². The Morgan fingerprint density at radius 3 is 1.74 bits per heavy atom. The Morgan fingerprint density at radius 2 is 1.17 bits per heavy atom. The van der Waals surface area contributed by atoms with Gasteiger partial charge in [0, 0.05) is 38.6 Å². The number of carboxylic acid groups (broad SMARTS) is 2. The highest BCUT2D eigenvalue weighted by molar-refractivity contribution is 6.00. The van der Waals surface area contributed by atoms with Gasteiger partial charge in [0.25, 0.3) is 0 Å². The molecular formula is C76H117N11O20. The number of benzene rings is 2. The first kappa shape index (κ1) is 90.3. The van der Waals surface area contributed by atoms with E-state index in [1.807, 2.05) is 0 Å². The summed E-state index contributed by atoms with van der Waals surface area (Å²) in [4.78, 5) is 197. The zero-order chi connectivity index (χ0) is 79.4. The van der Waals surface area contributed by atoms with Crippen LogP contribution in [0.4, 0.5) is 0 Å². The number of esters is 1. The largest absolute Gasteiger partial charge is 0.508 e. The van der Waals surface area contributed by atoms with Crippen molar-refractivity contribution in [1.82, 2.24) is 47.4 Å². The highest BCUT2D eigenvalue weighted by Crippen LogP contribution is 2.27. The molecule has 3 heterocycles. The Bertz CT molecular complexity index is 3280. The molecule has 3 aliphatic heterocycles. The van der Waals surface area contributed by atoms with Gasteiger partial charge in [-0.05, 0) is 124 Å². The van der Waals surface area contributed by atoms with Crippen molar-refractivity contribution in [2.24, 2.45) is 35.1 Å². The maximum Gasteiger partial charge on any atom is 0.315 e. The third kappa shape index (κ3) is 32.5. The number of fused-ring (bicyclic) bond motifs is 23. The molecule has 1 saturated heterocycles. The molecular weight excluding hydrogens is 1390 g/mol. The average molecular weight is 1500 g/mol. The lowest BCUT2D eigenvalue weighted by molar-refractivity contribution is -0.144. The third-order valence-electron chi connectivity index (χ3n) is 19.4. The first-order chi connectivity index (χ1) is 50.7. The predicted octanol–water partition coefficient (Wildman–Crippen LogP) is 3.06. The van der Waals surface area contributed by atoms with Crippen LogP contribution in [0.25, 0.3) is 0 Å². The minimum Gasteiger partial charge on any atom is -0.508 e. The SMILES string of the molecule is CCC(C)C1CC(=O)C(Cc2ccc(O)cc2)NC(=O)C(CCC(N)=O)NC(=O)C2CCCN2C(=O)C(C(C)C)NC(=O)C(CCC(=O)O)NC(=O)C(C(C)O)NC(=O)C(NC(=O)C(CCCN)NC(=O)C(CCC(=O)O)NC(=O)CC(O)CCCCCCCCCCCC(C)C)Cc2ccc(cc2)OC1=O. The van der Waals surface area contributed by atoms with Gasteiger partial charge in [-0.15, -0.1) is 0 Å². The summed E-state index contributed by atoms with van der Waals surface area (Å²) in [7, 11) is 0. The first-order valence-corrected chi connectivity index (χ1v) is 37.8. The number of rotatable bonds is 37. The number of aliphatic hydroxyl groups is 2. The van der Waals surface area contributed by atoms with Crippen LogP contribution in [0.5, 0.6) is 11.5 Å². The summed E-state index contributed by atoms with van der Waals surface area (Å²) in [5.41, 5.74) is 12.1. The number of phenols is 1. The molecule has 107 heavy (non-hydrogen) atoms. The highest BCUT2D eigenvalue weighted by Gasteiger charge is 2.43. The van der Waals surface area contributed by atoms with Crippen molar-refractivity contribution in [3.63, 3.8) is 0 Å². The van der Waals surface area contributed by atoms with Crippen LogP contribution in [-0.4, -0.2) is 193 Å². The molecule has 31 nitrogen and oxygen atoms in total. The summed E-state index contributed by atoms with van der Waals surface area (Å²) >= 11 is 0. The average Bonchev–Trinajstić information content (AvgIpc) is 1.77. The Morgan fingerprint density at radius 1 is 0.607 bits per heavy atom. The number of primary amides is 1. The number of nitrogens with zero attached hydrogens (tertiary/aromatic N) is 1. The van der Waals surface area contributed by atoms with Gasteiger partial charge in [-0.2, -0.15) is 0 Å². The van der Waals surface area contributed by atoms with Crippen LogP contribution < -0.4 is 58.7 Å². The molecule has 0 radical (unpaired) electrons. The number of aromatic hydroxyl groups is 1. The standard InChI is InChI=1S/C76H117N11O20/c1-8-46(6)53-43-61(91)58(40-48-24-28-50(89)29-25-48)83-70(100)56(32-35-62(78)92)81-73(103)60-23-19-39-87(60)75(105)66(45(4)5)85-71(101)57(34-37-65(96)97)82-74(104)67(47(7)88)86-72(102)59(41-49-26-30-52(31-27-49)107-76(53)106)84-68(98)54(22-18-38-77)80-69(99)55(33-36-64(94)95)79-63(93)42-51(90)21-17-15-13-11-9-10-12-14-16-20-44(2)3/h24-31,44-47,51,53-60,66-67,88-90H,8-23,32-43,77H2,1-7H3,(H2,78,92)(H,79,93)(H,80,99)(H,81,103)(H,82,104)(H,83,100)(H,84,98)(H,85,101)(H,86,102)(H,94,95)(H,96,97). The quantitative estimate of drug-likeness (QED) is 0.0200. The lowest BCUT2D eigenvalue weighted by atomic mass is 9.85. The van der Waals surface area contributed by atoms with Gasteiger partial charge in [0.05, 0.1) is 30.6 Å². The molecule has 0 aromatic heterocycles. The Hall–Kier alpha value is -9.10. The van der Waals surface area contributed by atoms with Crippen LogP contribution in [0.1, 0.15) is 214 Å². The van der Waals surface area contributed by atoms with E-state index in [0.717, 1.165) is 39.0 Å². The molecule has 0 saturated carbocycles. The van der Waals surface area contributed by atoms with E-state index in [0.29, 0.717) is 30.7 Å². The van der Waals surface area contributed by atoms with E-state index in [4.69, 9.17) is 16.2 Å². The number of Topliss-reactive ketones (excluding diaryl/α,β-unsaturated/α-hetero) is 1. The molecule has 596 valence electrons. The molecule has 0 spiro atoms. The molecule has 17 N–H and O–H groups in total. The van der Waals surface area contributed by atoms with E-state index in [1.165, 1.54) is 79.1 Å². The predicted molar refractivity (Wildman–Crippen MR) is 394 cm³/mol. The van der Waals surface area contributed by atoms with Crippen molar-refractivity contribution >= 4 is 82.8 Å². The second kappa shape index (κ2) is 46.9. The Labute approximate surface area is 626 Å². The number of aliphatic carboxylic acids is 2. The fourth-order valence-corrected chi connectivity index (χ4v) is 12.8. The molecule has 2 aromatic carbocycles. The fourth-order valence-electron chi connectivity index (χ4n) is 12.8. The number of phenolic OH excluding ortho intramolecular Hbond substituents is 1. The number of hydrogen-bond acceptors (Lipinski definition) is 19. The molecule has 10 amide bonds. The minimum atomic E-state index is -1.98. The lowest BCUT2D eigenvalue weighted by Crippen LogP contribution is -2.62. The fraction of sp³-hybridized carbons (Fsp3) is 0.658. The van der Waals surface area contributed by atoms with E-state index >= 15 is 0 Å². The van der Waals surface area contributed by atoms with Gasteiger partial charge in [0.15, 0.2) is 5.78 Å². The number of nitrogens with two attached hydrogens (primary N) is 2. The number of hydrogen-bond donors (Lipinski definition) is 15.